The van der Waals surface area contributed by atoms with E-state index in [9.17, 15) is 18.7 Å². The second kappa shape index (κ2) is 8.91. The zero-order valence-corrected chi connectivity index (χ0v) is 19.7. The zero-order valence-electron chi connectivity index (χ0n) is 19.7. The molecule has 0 spiro atoms. The smallest absolute Gasteiger partial charge is 0.248 e. The molecule has 182 valence electrons. The van der Waals surface area contributed by atoms with Crippen molar-refractivity contribution < 1.29 is 23.2 Å². The Bertz CT molecular complexity index is 1360. The lowest BCUT2D eigenvalue weighted by Gasteiger charge is -2.28. The van der Waals surface area contributed by atoms with Crippen molar-refractivity contribution in [2.24, 2.45) is 5.92 Å². The van der Waals surface area contributed by atoms with Gasteiger partial charge in [-0.15, -0.1) is 0 Å². The Morgan fingerprint density at radius 2 is 1.89 bits per heavy atom. The Kier molecular flexibility index (Phi) is 5.91. The third kappa shape index (κ3) is 4.70. The Morgan fingerprint density at radius 1 is 1.17 bits per heavy atom. The molecule has 35 heavy (non-hydrogen) atoms. The van der Waals surface area contributed by atoms with E-state index in [1.54, 1.807) is 18.3 Å². The Morgan fingerprint density at radius 3 is 2.51 bits per heavy atom. The molecule has 3 aromatic heterocycles. The molecule has 4 aromatic rings. The molecule has 3 heterocycles. The van der Waals surface area contributed by atoms with Crippen LogP contribution < -0.4 is 5.11 Å². The molecule has 0 saturated heterocycles. The minimum absolute atomic E-state index is 0.0772. The summed E-state index contributed by atoms with van der Waals surface area (Å²) in [5.41, 5.74) is 6.75. The van der Waals surface area contributed by atoms with Gasteiger partial charge < -0.3 is 19.0 Å². The van der Waals surface area contributed by atoms with Gasteiger partial charge in [0.15, 0.2) is 0 Å². The van der Waals surface area contributed by atoms with Crippen molar-refractivity contribution >= 4 is 17.0 Å². The highest BCUT2D eigenvalue weighted by atomic mass is 19.3. The fourth-order valence-electron chi connectivity index (χ4n) is 5.09. The number of hydrogen-bond donors (Lipinski definition) is 0. The largest absolute Gasteiger partial charge is 0.550 e. The summed E-state index contributed by atoms with van der Waals surface area (Å²) in [6, 6.07) is 9.36. The highest BCUT2D eigenvalue weighted by molar-refractivity contribution is 5.95. The van der Waals surface area contributed by atoms with Gasteiger partial charge in [0.2, 0.25) is 5.92 Å². The monoisotopic (exact) mass is 478 g/mol. The molecule has 8 heteroatoms. The van der Waals surface area contributed by atoms with E-state index in [4.69, 9.17) is 9.51 Å². The minimum Gasteiger partial charge on any atom is -0.550 e. The van der Waals surface area contributed by atoms with Crippen LogP contribution in [0.2, 0.25) is 0 Å². The van der Waals surface area contributed by atoms with Crippen LogP contribution in [0.1, 0.15) is 42.7 Å². The van der Waals surface area contributed by atoms with Crippen molar-refractivity contribution in [3.8, 4) is 22.3 Å². The number of aromatic nitrogens is 3. The van der Waals surface area contributed by atoms with Crippen LogP contribution in [0.5, 0.6) is 0 Å². The number of aliphatic carboxylic acids is 1. The van der Waals surface area contributed by atoms with E-state index in [1.807, 2.05) is 32.2 Å². The van der Waals surface area contributed by atoms with Gasteiger partial charge in [-0.3, -0.25) is 4.98 Å². The van der Waals surface area contributed by atoms with Crippen LogP contribution in [0, 0.1) is 19.8 Å². The number of aryl methyl sites for hydroxylation is 2. The van der Waals surface area contributed by atoms with E-state index >= 15 is 0 Å². The summed E-state index contributed by atoms with van der Waals surface area (Å²) in [5.74, 6) is -2.82. The van der Waals surface area contributed by atoms with Gasteiger partial charge in [-0.25, -0.2) is 8.78 Å². The second-order valence-corrected chi connectivity index (χ2v) is 9.53. The van der Waals surface area contributed by atoms with Crippen LogP contribution in [0.15, 0.2) is 47.2 Å². The molecule has 0 radical (unpaired) electrons. The summed E-state index contributed by atoms with van der Waals surface area (Å²) >= 11 is 0. The molecule has 0 bridgehead atoms. The SMILES string of the molecule is Cc1noc(C)c1-c1cnc2c(-c3ccc(CC(=O)[O-])cc3)cn(CC3CCC(F)(F)CC3)c2c1. The van der Waals surface area contributed by atoms with Gasteiger partial charge in [0.05, 0.1) is 16.7 Å². The molecule has 0 N–H and O–H groups in total. The zero-order chi connectivity index (χ0) is 24.7. The summed E-state index contributed by atoms with van der Waals surface area (Å²) in [4.78, 5) is 15.7. The maximum Gasteiger partial charge on any atom is 0.248 e. The molecule has 0 atom stereocenters. The molecular weight excluding hydrogens is 452 g/mol. The third-order valence-corrected chi connectivity index (χ3v) is 6.94. The number of rotatable bonds is 6. The normalized spacial score (nSPS) is 16.1. The Balaban J connectivity index is 1.56. The molecule has 1 saturated carbocycles. The standard InChI is InChI=1S/C27H27F2N3O3/c1-16-25(17(2)35-31-16)21-12-23-26(30-13-21)22(20-5-3-18(4-6-20)11-24(33)34)15-32(23)14-19-7-9-27(28,29)10-8-19/h3-6,12-13,15,19H,7-11,14H2,1-2H3,(H,33,34)/p-1. The first-order chi connectivity index (χ1) is 16.7. The van der Waals surface area contributed by atoms with Crippen LogP contribution >= 0.6 is 0 Å². The molecule has 1 aliphatic rings. The first-order valence-corrected chi connectivity index (χ1v) is 11.8. The maximum atomic E-state index is 13.7. The topological polar surface area (TPSA) is 84.0 Å². The molecule has 0 aliphatic heterocycles. The van der Waals surface area contributed by atoms with Gasteiger partial charge >= 0.3 is 0 Å². The fourth-order valence-corrected chi connectivity index (χ4v) is 5.09. The number of pyridine rings is 1. The molecule has 0 unspecified atom stereocenters. The molecule has 0 amide bonds. The first kappa shape index (κ1) is 23.2. The lowest BCUT2D eigenvalue weighted by atomic mass is 9.87. The summed E-state index contributed by atoms with van der Waals surface area (Å²) in [5, 5.41) is 15.0. The number of hydrogen-bond acceptors (Lipinski definition) is 5. The number of carbonyl (C=O) groups excluding carboxylic acids is 1. The van der Waals surface area contributed by atoms with Crippen LogP contribution in [-0.4, -0.2) is 26.6 Å². The van der Waals surface area contributed by atoms with E-state index < -0.39 is 11.9 Å². The molecule has 1 aromatic carbocycles. The lowest BCUT2D eigenvalue weighted by molar-refractivity contribution is -0.304. The van der Waals surface area contributed by atoms with Gasteiger partial charge in [-0.05, 0) is 49.8 Å². The quantitative estimate of drug-likeness (QED) is 0.385. The number of fused-ring (bicyclic) bond motifs is 1. The predicted octanol–water partition coefficient (Wildman–Crippen LogP) is 5.09. The van der Waals surface area contributed by atoms with Crippen molar-refractivity contribution in [2.75, 3.05) is 0 Å². The predicted molar refractivity (Wildman–Crippen MR) is 126 cm³/mol. The average Bonchev–Trinajstić information content (AvgIpc) is 3.34. The van der Waals surface area contributed by atoms with Crippen molar-refractivity contribution in [3.05, 3.63) is 59.7 Å². The van der Waals surface area contributed by atoms with E-state index in [0.717, 1.165) is 39.0 Å². The minimum atomic E-state index is -2.56. The number of carboxylic acids is 1. The molecule has 6 nitrogen and oxygen atoms in total. The molecular formula is C27H26F2N3O3-. The van der Waals surface area contributed by atoms with Crippen molar-refractivity contribution in [2.45, 2.75) is 58.4 Å². The number of nitrogens with zero attached hydrogens (tertiary/aromatic N) is 3. The molecule has 1 fully saturated rings. The fraction of sp³-hybridized carbons (Fsp3) is 0.370. The van der Waals surface area contributed by atoms with Crippen molar-refractivity contribution in [3.63, 3.8) is 0 Å². The third-order valence-electron chi connectivity index (χ3n) is 6.94. The summed E-state index contributed by atoms with van der Waals surface area (Å²) in [6.07, 6.45) is 4.49. The number of carboxylic acid groups (broad SMARTS) is 1. The highest BCUT2D eigenvalue weighted by Gasteiger charge is 2.35. The van der Waals surface area contributed by atoms with Crippen LogP contribution in [0.25, 0.3) is 33.3 Å². The number of benzene rings is 1. The summed E-state index contributed by atoms with van der Waals surface area (Å²) in [6.45, 7) is 4.37. The van der Waals surface area contributed by atoms with Crippen molar-refractivity contribution in [1.29, 1.82) is 0 Å². The number of carbonyl (C=O) groups is 1. The lowest BCUT2D eigenvalue weighted by Crippen LogP contribution is -2.26. The molecule has 1 aliphatic carbocycles. The summed E-state index contributed by atoms with van der Waals surface area (Å²) in [7, 11) is 0. The van der Waals surface area contributed by atoms with E-state index in [0.29, 0.717) is 30.7 Å². The Hall–Kier alpha value is -3.55. The molecule has 5 rings (SSSR count). The van der Waals surface area contributed by atoms with E-state index in [2.05, 4.69) is 15.8 Å². The van der Waals surface area contributed by atoms with Crippen molar-refractivity contribution in [1.82, 2.24) is 14.7 Å². The maximum absolute atomic E-state index is 13.7. The highest BCUT2D eigenvalue weighted by Crippen LogP contribution is 2.39. The number of alkyl halides is 2. The van der Waals surface area contributed by atoms with Gasteiger partial charge in [0.1, 0.15) is 5.76 Å². The van der Waals surface area contributed by atoms with Gasteiger partial charge in [0.25, 0.3) is 0 Å². The van der Waals surface area contributed by atoms with Crippen LogP contribution in [0.3, 0.4) is 0 Å². The first-order valence-electron chi connectivity index (χ1n) is 11.8. The van der Waals surface area contributed by atoms with Gasteiger partial charge in [-0.1, -0.05) is 29.4 Å². The summed E-state index contributed by atoms with van der Waals surface area (Å²) < 4.78 is 34.9. The number of halogens is 2. The Labute approximate surface area is 201 Å². The van der Waals surface area contributed by atoms with Gasteiger partial charge in [0, 0.05) is 60.9 Å². The average molecular weight is 479 g/mol. The second-order valence-electron chi connectivity index (χ2n) is 9.53. The van der Waals surface area contributed by atoms with E-state index in [-0.39, 0.29) is 25.2 Å². The van der Waals surface area contributed by atoms with Crippen LogP contribution in [0.4, 0.5) is 8.78 Å². The van der Waals surface area contributed by atoms with Gasteiger partial charge in [-0.2, -0.15) is 0 Å². The van der Waals surface area contributed by atoms with E-state index in [1.165, 1.54) is 0 Å². The van der Waals surface area contributed by atoms with Crippen LogP contribution in [-0.2, 0) is 17.8 Å².